The van der Waals surface area contributed by atoms with Gasteiger partial charge in [0.1, 0.15) is 16.9 Å². The second kappa shape index (κ2) is 7.81. The largest absolute Gasteiger partial charge is 0.389 e. The number of ether oxygens (including phenoxy) is 1. The van der Waals surface area contributed by atoms with Gasteiger partial charge in [-0.15, -0.1) is 20.6 Å². The van der Waals surface area contributed by atoms with E-state index in [0.717, 1.165) is 63.8 Å². The minimum atomic E-state index is -0.391. The molecule has 3 unspecified atom stereocenters. The van der Waals surface area contributed by atoms with Gasteiger partial charge in [0.15, 0.2) is 0 Å². The highest BCUT2D eigenvalue weighted by molar-refractivity contribution is 7.29. The molecule has 176 valence electrons. The number of hydrogen-bond donors (Lipinski definition) is 2. The molecule has 2 aromatic heterocycles. The van der Waals surface area contributed by atoms with Gasteiger partial charge in [-0.2, -0.15) is 5.26 Å². The van der Waals surface area contributed by atoms with Crippen LogP contribution in [0.2, 0.25) is 0 Å². The van der Waals surface area contributed by atoms with Crippen molar-refractivity contribution < 1.29 is 9.13 Å². The highest BCUT2D eigenvalue weighted by Crippen LogP contribution is 2.45. The number of benzene rings is 2. The van der Waals surface area contributed by atoms with Gasteiger partial charge in [-0.05, 0) is 35.1 Å². The molecule has 3 aliphatic heterocycles. The Kier molecular flexibility index (Phi) is 4.77. The highest BCUT2D eigenvalue weighted by Gasteiger charge is 2.37. The van der Waals surface area contributed by atoms with Gasteiger partial charge >= 0.3 is 0 Å². The maximum atomic E-state index is 15.6. The van der Waals surface area contributed by atoms with Gasteiger partial charge in [-0.3, -0.25) is 0 Å². The first-order chi connectivity index (χ1) is 17.0. The summed E-state index contributed by atoms with van der Waals surface area (Å²) in [4.78, 5) is 12.0. The molecule has 0 amide bonds. The van der Waals surface area contributed by atoms with Gasteiger partial charge in [-0.25, -0.2) is 14.4 Å². The fourth-order valence-electron chi connectivity index (χ4n) is 5.97. The maximum absolute atomic E-state index is 15.6. The Morgan fingerprint density at radius 3 is 2.74 bits per heavy atom. The van der Waals surface area contributed by atoms with Crippen molar-refractivity contribution in [3.8, 4) is 17.2 Å². The molecule has 3 aliphatic rings. The fraction of sp³-hybridized carbons (Fsp3) is 0.320. The summed E-state index contributed by atoms with van der Waals surface area (Å²) < 4.78 is 22.2. The van der Waals surface area contributed by atoms with Crippen molar-refractivity contribution in [3.05, 3.63) is 40.8 Å². The summed E-state index contributed by atoms with van der Waals surface area (Å²) in [7, 11) is 2.78. The van der Waals surface area contributed by atoms with Gasteiger partial charge < -0.3 is 20.7 Å². The number of nitrogen functional groups attached to an aromatic ring is 1. The van der Waals surface area contributed by atoms with Crippen LogP contribution in [0.3, 0.4) is 0 Å². The van der Waals surface area contributed by atoms with Crippen LogP contribution in [-0.4, -0.2) is 36.1 Å². The van der Waals surface area contributed by atoms with Gasteiger partial charge in [-0.1, -0.05) is 0 Å². The Hall–Kier alpha value is -2.89. The van der Waals surface area contributed by atoms with Crippen LogP contribution in [0.1, 0.15) is 16.7 Å². The summed E-state index contributed by atoms with van der Waals surface area (Å²) in [6.07, 6.45) is 1.88. The number of rotatable bonds is 2. The normalized spacial score (nSPS) is 21.1. The van der Waals surface area contributed by atoms with E-state index in [1.165, 1.54) is 17.4 Å². The molecule has 2 fully saturated rings. The van der Waals surface area contributed by atoms with E-state index >= 15 is 4.39 Å². The van der Waals surface area contributed by atoms with Crippen molar-refractivity contribution in [2.45, 2.75) is 13.2 Å². The Balaban J connectivity index is 1.49. The van der Waals surface area contributed by atoms with Crippen LogP contribution in [0.4, 0.5) is 15.3 Å². The quantitative estimate of drug-likeness (QED) is 0.404. The molecule has 7 rings (SSSR count). The third-order valence-corrected chi connectivity index (χ3v) is 9.20. The van der Waals surface area contributed by atoms with Crippen LogP contribution in [0.15, 0.2) is 18.3 Å². The molecule has 0 radical (unpaired) electrons. The van der Waals surface area contributed by atoms with E-state index in [2.05, 4.69) is 25.5 Å². The molecule has 10 heteroatoms. The van der Waals surface area contributed by atoms with Crippen LogP contribution in [0, 0.1) is 29.0 Å². The Labute approximate surface area is 207 Å². The molecular weight excluding hydrogens is 482 g/mol. The third kappa shape index (κ3) is 3.04. The number of nitrogens with zero attached hydrogens (tertiary/aromatic N) is 4. The van der Waals surface area contributed by atoms with Crippen molar-refractivity contribution in [3.63, 3.8) is 0 Å². The number of hydrogen-bond acceptors (Lipinski definition) is 8. The van der Waals surface area contributed by atoms with Gasteiger partial charge in [0, 0.05) is 64.3 Å². The van der Waals surface area contributed by atoms with E-state index in [1.807, 2.05) is 6.20 Å². The van der Waals surface area contributed by atoms with Gasteiger partial charge in [0.05, 0.1) is 24.3 Å². The summed E-state index contributed by atoms with van der Waals surface area (Å²) in [6, 6.07) is 5.33. The first-order valence-electron chi connectivity index (χ1n) is 11.6. The monoisotopic (exact) mass is 504 g/mol. The zero-order chi connectivity index (χ0) is 23.8. The zero-order valence-corrected chi connectivity index (χ0v) is 20.7. The summed E-state index contributed by atoms with van der Waals surface area (Å²) in [5.41, 5.74) is 10.2. The lowest BCUT2D eigenvalue weighted by atomic mass is 9.91. The van der Waals surface area contributed by atoms with E-state index in [9.17, 15) is 5.26 Å². The van der Waals surface area contributed by atoms with Crippen LogP contribution < -0.4 is 21.3 Å². The number of fused-ring (bicyclic) bond motifs is 5. The summed E-state index contributed by atoms with van der Waals surface area (Å²) in [6.45, 7) is 4.72. The molecule has 4 aromatic rings. The Morgan fingerprint density at radius 2 is 1.97 bits per heavy atom. The van der Waals surface area contributed by atoms with Crippen molar-refractivity contribution in [1.82, 2.24) is 15.3 Å². The van der Waals surface area contributed by atoms with Gasteiger partial charge in [0.2, 0.25) is 5.95 Å². The van der Waals surface area contributed by atoms with E-state index in [1.54, 1.807) is 6.07 Å². The van der Waals surface area contributed by atoms with E-state index < -0.39 is 5.82 Å². The van der Waals surface area contributed by atoms with Crippen molar-refractivity contribution in [1.29, 1.82) is 5.26 Å². The smallest absolute Gasteiger partial charge is 0.225 e. The summed E-state index contributed by atoms with van der Waals surface area (Å²) >= 11 is 1.30. The Morgan fingerprint density at radius 1 is 1.20 bits per heavy atom. The number of thiophene rings is 1. The molecular formula is C25H22FN6OPS. The van der Waals surface area contributed by atoms with E-state index in [-0.39, 0.29) is 0 Å². The topological polar surface area (TPSA) is 100 Å². The Bertz CT molecular complexity index is 1590. The van der Waals surface area contributed by atoms with E-state index in [4.69, 9.17) is 20.4 Å². The summed E-state index contributed by atoms with van der Waals surface area (Å²) in [5.74, 6) is 1.55. The number of nitriles is 1. The molecule has 3 atom stereocenters. The number of nitrogens with one attached hydrogen (secondary N) is 1. The molecule has 7 nitrogen and oxygen atoms in total. The lowest BCUT2D eigenvalue weighted by Crippen LogP contribution is -2.27. The first-order valence-corrected chi connectivity index (χ1v) is 13.0. The van der Waals surface area contributed by atoms with Crippen molar-refractivity contribution in [2.24, 2.45) is 11.8 Å². The molecule has 2 aromatic carbocycles. The number of aromatic nitrogens is 2. The molecule has 0 spiro atoms. The van der Waals surface area contributed by atoms with Crippen LogP contribution in [0.25, 0.3) is 32.1 Å². The SMILES string of the molecule is N#Cc1c(N)sc2ccc(F)c(-c3c4c(c5cnc(N6CC7CNCC7C6)nc5c3P)COC4)c12. The van der Waals surface area contributed by atoms with Crippen LogP contribution in [-0.2, 0) is 18.0 Å². The first kappa shape index (κ1) is 21.4. The third-order valence-electron chi connectivity index (χ3n) is 7.65. The second-order valence-electron chi connectivity index (χ2n) is 9.50. The number of anilines is 2. The molecule has 0 aliphatic carbocycles. The lowest BCUT2D eigenvalue weighted by molar-refractivity contribution is 0.135. The van der Waals surface area contributed by atoms with Gasteiger partial charge in [0.25, 0.3) is 0 Å². The molecule has 3 N–H and O–H groups in total. The minimum absolute atomic E-state index is 0.317. The molecule has 0 saturated carbocycles. The highest BCUT2D eigenvalue weighted by atomic mass is 32.1. The molecule has 2 saturated heterocycles. The zero-order valence-electron chi connectivity index (χ0n) is 18.8. The van der Waals surface area contributed by atoms with Crippen LogP contribution in [0.5, 0.6) is 0 Å². The standard InChI is InChI=1S/C25H22FN6OPS/c26-17-1-2-18-19(13(3-27)24(28)35-18)21(17)20-16-10-33-9-15(16)14-6-30-25(31-22(14)23(20)34)32-7-11-4-29-5-12(11)8-32/h1-2,6,11-12,29H,4-5,7-10,28,34H2. The average molecular weight is 505 g/mol. The fourth-order valence-corrected chi connectivity index (χ4v) is 7.44. The van der Waals surface area contributed by atoms with Crippen LogP contribution >= 0.6 is 20.6 Å². The lowest BCUT2D eigenvalue weighted by Gasteiger charge is -2.20. The predicted octanol–water partition coefficient (Wildman–Crippen LogP) is 3.29. The summed E-state index contributed by atoms with van der Waals surface area (Å²) in [5, 5.41) is 16.0. The average Bonchev–Trinajstić information content (AvgIpc) is 3.62. The maximum Gasteiger partial charge on any atom is 0.225 e. The van der Waals surface area contributed by atoms with E-state index in [0.29, 0.717) is 52.5 Å². The van der Waals surface area contributed by atoms with Crippen molar-refractivity contribution in [2.75, 3.05) is 36.8 Å². The molecule has 35 heavy (non-hydrogen) atoms. The van der Waals surface area contributed by atoms with Crippen molar-refractivity contribution >= 4 is 57.8 Å². The minimum Gasteiger partial charge on any atom is -0.389 e. The second-order valence-corrected chi connectivity index (χ2v) is 11.2. The predicted molar refractivity (Wildman–Crippen MR) is 139 cm³/mol. The molecule has 0 bridgehead atoms. The number of nitrogens with two attached hydrogens (primary N) is 1. The molecule has 5 heterocycles. The number of halogens is 1.